The number of piperidine rings is 1. The molecule has 2 N–H and O–H groups in total. The monoisotopic (exact) mass is 177 g/mol. The van der Waals surface area contributed by atoms with Crippen LogP contribution in [0.5, 0.6) is 0 Å². The molecule has 2 nitrogen and oxygen atoms in total. The van der Waals surface area contributed by atoms with Crippen molar-refractivity contribution < 1.29 is 5.11 Å². The Labute approximate surface area is 78.6 Å². The van der Waals surface area contributed by atoms with Crippen LogP contribution in [0, 0.1) is 0 Å². The standard InChI is InChI=1S/C11H15NO/c13-11-8-12-7-6-10(11)9-4-2-1-3-5-9/h1-5,10-13H,6-8H2/t10-,11+/m1/s1. The Bertz CT molecular complexity index is 260. The molecule has 1 fully saturated rings. The lowest BCUT2D eigenvalue weighted by atomic mass is 9.88. The predicted molar refractivity (Wildman–Crippen MR) is 52.7 cm³/mol. The van der Waals surface area contributed by atoms with E-state index in [2.05, 4.69) is 17.4 Å². The van der Waals surface area contributed by atoms with Crippen molar-refractivity contribution in [2.45, 2.75) is 18.4 Å². The first-order chi connectivity index (χ1) is 6.38. The van der Waals surface area contributed by atoms with Gasteiger partial charge >= 0.3 is 0 Å². The van der Waals surface area contributed by atoms with Crippen LogP contribution >= 0.6 is 0 Å². The van der Waals surface area contributed by atoms with Crippen LogP contribution in [-0.4, -0.2) is 24.3 Å². The highest BCUT2D eigenvalue weighted by Crippen LogP contribution is 2.24. The Morgan fingerprint density at radius 2 is 2.00 bits per heavy atom. The summed E-state index contributed by atoms with van der Waals surface area (Å²) in [5, 5.41) is 12.9. The lowest BCUT2D eigenvalue weighted by Gasteiger charge is -2.28. The highest BCUT2D eigenvalue weighted by molar-refractivity contribution is 5.21. The van der Waals surface area contributed by atoms with Crippen LogP contribution in [0.1, 0.15) is 17.9 Å². The van der Waals surface area contributed by atoms with E-state index in [4.69, 9.17) is 0 Å². The normalized spacial score (nSPS) is 28.7. The first kappa shape index (κ1) is 8.73. The van der Waals surface area contributed by atoms with Crippen LogP contribution in [-0.2, 0) is 0 Å². The Balaban J connectivity index is 2.15. The van der Waals surface area contributed by atoms with Gasteiger partial charge in [0.15, 0.2) is 0 Å². The molecule has 2 atom stereocenters. The molecule has 0 spiro atoms. The average Bonchev–Trinajstić information content (AvgIpc) is 2.20. The van der Waals surface area contributed by atoms with E-state index in [1.165, 1.54) is 5.56 Å². The predicted octanol–water partition coefficient (Wildman–Crippen LogP) is 1.12. The molecule has 0 aromatic heterocycles. The summed E-state index contributed by atoms with van der Waals surface area (Å²) in [4.78, 5) is 0. The first-order valence-corrected chi connectivity index (χ1v) is 4.81. The van der Waals surface area contributed by atoms with Gasteiger partial charge in [0.2, 0.25) is 0 Å². The molecular weight excluding hydrogens is 162 g/mol. The number of nitrogens with one attached hydrogen (secondary N) is 1. The lowest BCUT2D eigenvalue weighted by molar-refractivity contribution is 0.118. The minimum atomic E-state index is -0.226. The third-order valence-corrected chi connectivity index (χ3v) is 2.68. The molecule has 0 saturated carbocycles. The van der Waals surface area contributed by atoms with E-state index < -0.39 is 0 Å². The molecule has 0 bridgehead atoms. The van der Waals surface area contributed by atoms with E-state index in [1.807, 2.05) is 18.2 Å². The summed E-state index contributed by atoms with van der Waals surface area (Å²) >= 11 is 0. The maximum absolute atomic E-state index is 9.76. The molecule has 1 aromatic rings. The number of hydrogen-bond donors (Lipinski definition) is 2. The van der Waals surface area contributed by atoms with Gasteiger partial charge in [-0.25, -0.2) is 0 Å². The van der Waals surface area contributed by atoms with Crippen LogP contribution in [0.25, 0.3) is 0 Å². The number of aliphatic hydroxyl groups excluding tert-OH is 1. The van der Waals surface area contributed by atoms with Crippen molar-refractivity contribution in [2.75, 3.05) is 13.1 Å². The van der Waals surface area contributed by atoms with E-state index in [-0.39, 0.29) is 6.10 Å². The van der Waals surface area contributed by atoms with Gasteiger partial charge in [-0.1, -0.05) is 30.3 Å². The molecule has 13 heavy (non-hydrogen) atoms. The summed E-state index contributed by atoms with van der Waals surface area (Å²) in [6, 6.07) is 10.3. The quantitative estimate of drug-likeness (QED) is 0.674. The molecule has 0 unspecified atom stereocenters. The van der Waals surface area contributed by atoms with Crippen molar-refractivity contribution in [3.8, 4) is 0 Å². The second-order valence-electron chi connectivity index (χ2n) is 3.58. The molecule has 2 heteroatoms. The number of rotatable bonds is 1. The number of β-amino-alcohol motifs (C(OH)–C–C–N with tert-alkyl or cyclic N) is 1. The Morgan fingerprint density at radius 1 is 1.23 bits per heavy atom. The van der Waals surface area contributed by atoms with Crippen molar-refractivity contribution in [3.63, 3.8) is 0 Å². The molecular formula is C11H15NO. The van der Waals surface area contributed by atoms with Crippen LogP contribution in [0.3, 0.4) is 0 Å². The van der Waals surface area contributed by atoms with E-state index in [0.717, 1.165) is 19.5 Å². The molecule has 0 aliphatic carbocycles. The molecule has 0 amide bonds. The van der Waals surface area contributed by atoms with Gasteiger partial charge in [0.05, 0.1) is 6.10 Å². The third kappa shape index (κ3) is 1.90. The SMILES string of the molecule is O[C@H]1CNCC[C@@H]1c1ccccc1. The van der Waals surface area contributed by atoms with E-state index >= 15 is 0 Å². The maximum atomic E-state index is 9.76. The van der Waals surface area contributed by atoms with Gasteiger partial charge in [0.1, 0.15) is 0 Å². The Kier molecular flexibility index (Phi) is 2.62. The second kappa shape index (κ2) is 3.90. The molecule has 1 aliphatic rings. The minimum absolute atomic E-state index is 0.226. The fourth-order valence-electron chi connectivity index (χ4n) is 1.93. The average molecular weight is 177 g/mol. The van der Waals surface area contributed by atoms with Crippen LogP contribution < -0.4 is 5.32 Å². The van der Waals surface area contributed by atoms with Crippen molar-refractivity contribution >= 4 is 0 Å². The van der Waals surface area contributed by atoms with Gasteiger partial charge in [-0.3, -0.25) is 0 Å². The van der Waals surface area contributed by atoms with Crippen molar-refractivity contribution in [3.05, 3.63) is 35.9 Å². The number of benzene rings is 1. The molecule has 1 heterocycles. The maximum Gasteiger partial charge on any atom is 0.0733 e. The molecule has 0 radical (unpaired) electrons. The van der Waals surface area contributed by atoms with Gasteiger partial charge < -0.3 is 10.4 Å². The van der Waals surface area contributed by atoms with Crippen LogP contribution in [0.2, 0.25) is 0 Å². The van der Waals surface area contributed by atoms with Crippen LogP contribution in [0.4, 0.5) is 0 Å². The van der Waals surface area contributed by atoms with Crippen molar-refractivity contribution in [1.82, 2.24) is 5.32 Å². The third-order valence-electron chi connectivity index (χ3n) is 2.68. The highest BCUT2D eigenvalue weighted by atomic mass is 16.3. The highest BCUT2D eigenvalue weighted by Gasteiger charge is 2.23. The smallest absolute Gasteiger partial charge is 0.0733 e. The zero-order valence-electron chi connectivity index (χ0n) is 7.61. The number of hydrogen-bond acceptors (Lipinski definition) is 2. The fourth-order valence-corrected chi connectivity index (χ4v) is 1.93. The van der Waals surface area contributed by atoms with Gasteiger partial charge in [0, 0.05) is 12.5 Å². The van der Waals surface area contributed by atoms with Gasteiger partial charge in [-0.15, -0.1) is 0 Å². The first-order valence-electron chi connectivity index (χ1n) is 4.81. The Hall–Kier alpha value is -0.860. The van der Waals surface area contributed by atoms with E-state index in [1.54, 1.807) is 0 Å². The summed E-state index contributed by atoms with van der Waals surface area (Å²) < 4.78 is 0. The summed E-state index contributed by atoms with van der Waals surface area (Å²) in [7, 11) is 0. The molecule has 2 rings (SSSR count). The second-order valence-corrected chi connectivity index (χ2v) is 3.58. The molecule has 1 aliphatic heterocycles. The van der Waals surface area contributed by atoms with Gasteiger partial charge in [-0.2, -0.15) is 0 Å². The fraction of sp³-hybridized carbons (Fsp3) is 0.455. The van der Waals surface area contributed by atoms with Crippen molar-refractivity contribution in [2.24, 2.45) is 0 Å². The molecule has 1 saturated heterocycles. The molecule has 70 valence electrons. The summed E-state index contributed by atoms with van der Waals surface area (Å²) in [6.07, 6.45) is 0.807. The summed E-state index contributed by atoms with van der Waals surface area (Å²) in [5.74, 6) is 0.322. The lowest BCUT2D eigenvalue weighted by Crippen LogP contribution is -2.39. The topological polar surface area (TPSA) is 32.3 Å². The minimum Gasteiger partial charge on any atom is -0.391 e. The van der Waals surface area contributed by atoms with Gasteiger partial charge in [0.25, 0.3) is 0 Å². The van der Waals surface area contributed by atoms with E-state index in [9.17, 15) is 5.11 Å². The summed E-state index contributed by atoms with van der Waals surface area (Å²) in [5.41, 5.74) is 1.26. The molecule has 1 aromatic carbocycles. The van der Waals surface area contributed by atoms with Crippen molar-refractivity contribution in [1.29, 1.82) is 0 Å². The van der Waals surface area contributed by atoms with Crippen LogP contribution in [0.15, 0.2) is 30.3 Å². The van der Waals surface area contributed by atoms with E-state index in [0.29, 0.717) is 5.92 Å². The zero-order chi connectivity index (χ0) is 9.10. The Morgan fingerprint density at radius 3 is 2.69 bits per heavy atom. The van der Waals surface area contributed by atoms with Gasteiger partial charge in [-0.05, 0) is 18.5 Å². The summed E-state index contributed by atoms with van der Waals surface area (Å²) in [6.45, 7) is 1.73. The zero-order valence-corrected chi connectivity index (χ0v) is 7.61. The number of aliphatic hydroxyl groups is 1. The largest absolute Gasteiger partial charge is 0.391 e.